The summed E-state index contributed by atoms with van der Waals surface area (Å²) in [6.45, 7) is 7.46. The fourth-order valence-corrected chi connectivity index (χ4v) is 3.74. The second kappa shape index (κ2) is 5.17. The van der Waals surface area contributed by atoms with E-state index in [9.17, 15) is 9.90 Å². The van der Waals surface area contributed by atoms with E-state index in [1.54, 1.807) is 0 Å². The minimum atomic E-state index is -0.693. The molecule has 0 radical (unpaired) electrons. The van der Waals surface area contributed by atoms with Gasteiger partial charge in [0.2, 0.25) is 0 Å². The molecule has 0 aromatic rings. The van der Waals surface area contributed by atoms with Crippen LogP contribution in [0.2, 0.25) is 0 Å². The summed E-state index contributed by atoms with van der Waals surface area (Å²) in [7, 11) is 0. The Hall–Kier alpha value is -0.610. The predicted molar refractivity (Wildman–Crippen MR) is 71.7 cm³/mol. The largest absolute Gasteiger partial charge is 0.480 e. The molecular weight excluding hydrogens is 228 g/mol. The minimum absolute atomic E-state index is 0.218. The molecule has 4 heteroatoms. The molecule has 0 amide bonds. The first-order valence-electron chi connectivity index (χ1n) is 7.21. The van der Waals surface area contributed by atoms with Gasteiger partial charge in [0.1, 0.15) is 5.54 Å². The van der Waals surface area contributed by atoms with Crippen molar-refractivity contribution in [3.8, 4) is 0 Å². The molecule has 1 aliphatic heterocycles. The molecule has 18 heavy (non-hydrogen) atoms. The van der Waals surface area contributed by atoms with Crippen molar-refractivity contribution in [1.82, 2.24) is 10.2 Å². The molecule has 0 aromatic heterocycles. The molecule has 2 rings (SSSR count). The molecule has 1 aliphatic carbocycles. The molecule has 2 N–H and O–H groups in total. The van der Waals surface area contributed by atoms with Crippen LogP contribution in [0, 0.1) is 0 Å². The summed E-state index contributed by atoms with van der Waals surface area (Å²) in [6, 6.07) is 1.29. The van der Waals surface area contributed by atoms with Gasteiger partial charge in [0.05, 0.1) is 0 Å². The molecule has 1 saturated carbocycles. The molecule has 0 aromatic carbocycles. The molecule has 1 saturated heterocycles. The standard InChI is InChI=1S/C14H26N2O2/c1-10(2)15-14(13(17)18)7-6-12(9-14)16-8-4-5-11(16)3/h10-12,15H,4-9H2,1-3H3,(H,17,18). The highest BCUT2D eigenvalue weighted by atomic mass is 16.4. The van der Waals surface area contributed by atoms with Gasteiger partial charge in [-0.15, -0.1) is 0 Å². The second-order valence-corrected chi connectivity index (χ2v) is 6.31. The van der Waals surface area contributed by atoms with Crippen molar-refractivity contribution in [2.45, 2.75) is 76.5 Å². The summed E-state index contributed by atoms with van der Waals surface area (Å²) in [4.78, 5) is 14.1. The SMILES string of the molecule is CC(C)NC1(C(=O)O)CCC(N2CCCC2C)C1. The van der Waals surface area contributed by atoms with Crippen LogP contribution in [-0.4, -0.2) is 46.2 Å². The van der Waals surface area contributed by atoms with Gasteiger partial charge in [0.25, 0.3) is 0 Å². The monoisotopic (exact) mass is 254 g/mol. The van der Waals surface area contributed by atoms with Gasteiger partial charge in [0.15, 0.2) is 0 Å². The summed E-state index contributed by atoms with van der Waals surface area (Å²) in [5, 5.41) is 12.9. The van der Waals surface area contributed by atoms with E-state index in [-0.39, 0.29) is 6.04 Å². The number of carboxylic acids is 1. The number of hydrogen-bond acceptors (Lipinski definition) is 3. The molecule has 3 atom stereocenters. The average Bonchev–Trinajstić information content (AvgIpc) is 2.84. The van der Waals surface area contributed by atoms with E-state index in [1.165, 1.54) is 12.8 Å². The fourth-order valence-electron chi connectivity index (χ4n) is 3.74. The Labute approximate surface area is 110 Å². The molecule has 0 bridgehead atoms. The molecule has 2 fully saturated rings. The van der Waals surface area contributed by atoms with Crippen molar-refractivity contribution in [2.75, 3.05) is 6.54 Å². The van der Waals surface area contributed by atoms with E-state index in [1.807, 2.05) is 13.8 Å². The summed E-state index contributed by atoms with van der Waals surface area (Å²) in [5.74, 6) is -0.675. The van der Waals surface area contributed by atoms with Crippen LogP contribution in [0.4, 0.5) is 0 Å². The van der Waals surface area contributed by atoms with Crippen LogP contribution in [0.5, 0.6) is 0 Å². The number of likely N-dealkylation sites (tertiary alicyclic amines) is 1. The molecule has 0 spiro atoms. The number of carbonyl (C=O) groups is 1. The summed E-state index contributed by atoms with van der Waals surface area (Å²) in [5.41, 5.74) is -0.693. The lowest BCUT2D eigenvalue weighted by Gasteiger charge is -2.32. The van der Waals surface area contributed by atoms with E-state index < -0.39 is 11.5 Å². The van der Waals surface area contributed by atoms with Gasteiger partial charge in [0, 0.05) is 18.1 Å². The lowest BCUT2D eigenvalue weighted by atomic mass is 9.96. The average molecular weight is 254 g/mol. The van der Waals surface area contributed by atoms with Crippen molar-refractivity contribution >= 4 is 5.97 Å². The Bertz CT molecular complexity index is 319. The topological polar surface area (TPSA) is 52.6 Å². The van der Waals surface area contributed by atoms with Gasteiger partial charge in [-0.05, 0) is 59.4 Å². The lowest BCUT2D eigenvalue weighted by Crippen LogP contribution is -2.54. The Kier molecular flexibility index (Phi) is 3.97. The summed E-state index contributed by atoms with van der Waals surface area (Å²) < 4.78 is 0. The highest BCUT2D eigenvalue weighted by Crippen LogP contribution is 2.36. The van der Waals surface area contributed by atoms with Crippen LogP contribution in [0.15, 0.2) is 0 Å². The van der Waals surface area contributed by atoms with Gasteiger partial charge < -0.3 is 5.11 Å². The third kappa shape index (κ3) is 2.54. The van der Waals surface area contributed by atoms with E-state index >= 15 is 0 Å². The zero-order valence-corrected chi connectivity index (χ0v) is 11.8. The summed E-state index contributed by atoms with van der Waals surface area (Å²) in [6.07, 6.45) is 5.04. The van der Waals surface area contributed by atoms with Crippen molar-refractivity contribution in [3.05, 3.63) is 0 Å². The van der Waals surface area contributed by atoms with Crippen molar-refractivity contribution in [3.63, 3.8) is 0 Å². The molecule has 2 aliphatic rings. The number of rotatable bonds is 4. The van der Waals surface area contributed by atoms with Crippen LogP contribution < -0.4 is 5.32 Å². The van der Waals surface area contributed by atoms with E-state index in [4.69, 9.17) is 0 Å². The molecule has 3 unspecified atom stereocenters. The van der Waals surface area contributed by atoms with Gasteiger partial charge >= 0.3 is 5.97 Å². The van der Waals surface area contributed by atoms with Gasteiger partial charge in [-0.1, -0.05) is 0 Å². The highest BCUT2D eigenvalue weighted by molar-refractivity contribution is 5.79. The number of nitrogens with one attached hydrogen (secondary N) is 1. The number of nitrogens with zero attached hydrogens (tertiary/aromatic N) is 1. The van der Waals surface area contributed by atoms with Crippen molar-refractivity contribution < 1.29 is 9.90 Å². The number of carboxylic acid groups (broad SMARTS) is 1. The van der Waals surface area contributed by atoms with Crippen LogP contribution in [0.3, 0.4) is 0 Å². The van der Waals surface area contributed by atoms with Crippen LogP contribution >= 0.6 is 0 Å². The quantitative estimate of drug-likeness (QED) is 0.804. The fraction of sp³-hybridized carbons (Fsp3) is 0.929. The molecule has 104 valence electrons. The zero-order chi connectivity index (χ0) is 13.3. The Morgan fingerprint density at radius 2 is 2.17 bits per heavy atom. The summed E-state index contributed by atoms with van der Waals surface area (Å²) >= 11 is 0. The predicted octanol–water partition coefficient (Wildman–Crippen LogP) is 1.84. The van der Waals surface area contributed by atoms with E-state index in [2.05, 4.69) is 17.1 Å². The number of hydrogen-bond donors (Lipinski definition) is 2. The maximum absolute atomic E-state index is 11.6. The Morgan fingerprint density at radius 1 is 1.44 bits per heavy atom. The maximum Gasteiger partial charge on any atom is 0.323 e. The van der Waals surface area contributed by atoms with E-state index in [0.717, 1.165) is 25.8 Å². The Morgan fingerprint density at radius 3 is 2.67 bits per heavy atom. The van der Waals surface area contributed by atoms with Crippen LogP contribution in [-0.2, 0) is 4.79 Å². The smallest absolute Gasteiger partial charge is 0.323 e. The lowest BCUT2D eigenvalue weighted by molar-refractivity contribution is -0.145. The van der Waals surface area contributed by atoms with Crippen LogP contribution in [0.1, 0.15) is 52.9 Å². The first-order chi connectivity index (χ1) is 8.44. The second-order valence-electron chi connectivity index (χ2n) is 6.31. The number of aliphatic carboxylic acids is 1. The third-order valence-electron chi connectivity index (χ3n) is 4.54. The minimum Gasteiger partial charge on any atom is -0.480 e. The van der Waals surface area contributed by atoms with E-state index in [0.29, 0.717) is 12.1 Å². The normalized spacial score (nSPS) is 37.6. The first-order valence-corrected chi connectivity index (χ1v) is 7.21. The highest BCUT2D eigenvalue weighted by Gasteiger charge is 2.48. The molecular formula is C14H26N2O2. The van der Waals surface area contributed by atoms with Gasteiger partial charge in [-0.2, -0.15) is 0 Å². The molecule has 1 heterocycles. The van der Waals surface area contributed by atoms with Crippen LogP contribution in [0.25, 0.3) is 0 Å². The maximum atomic E-state index is 11.6. The van der Waals surface area contributed by atoms with Crippen molar-refractivity contribution in [1.29, 1.82) is 0 Å². The molecule has 4 nitrogen and oxygen atoms in total. The first kappa shape index (κ1) is 13.8. The van der Waals surface area contributed by atoms with Gasteiger partial charge in [-0.25, -0.2) is 0 Å². The third-order valence-corrected chi connectivity index (χ3v) is 4.54. The van der Waals surface area contributed by atoms with Gasteiger partial charge in [-0.3, -0.25) is 15.0 Å². The van der Waals surface area contributed by atoms with Crippen molar-refractivity contribution in [2.24, 2.45) is 0 Å². The zero-order valence-electron chi connectivity index (χ0n) is 11.8. The Balaban J connectivity index is 2.06.